The molecule has 1 aromatic carbocycles. The first-order chi connectivity index (χ1) is 9.63. The number of aryl methyl sites for hydroxylation is 2. The average Bonchev–Trinajstić information content (AvgIpc) is 2.84. The molecular formula is C16H22N2OS. The van der Waals surface area contributed by atoms with Crippen LogP contribution in [0.25, 0.3) is 0 Å². The molecule has 108 valence electrons. The van der Waals surface area contributed by atoms with E-state index in [9.17, 15) is 5.11 Å². The van der Waals surface area contributed by atoms with Gasteiger partial charge in [0.15, 0.2) is 0 Å². The second-order valence-electron chi connectivity index (χ2n) is 5.19. The number of aromatic nitrogens is 1. The second kappa shape index (κ2) is 7.41. The fraction of sp³-hybridized carbons (Fsp3) is 0.438. The predicted octanol–water partition coefficient (Wildman–Crippen LogP) is 3.31. The summed E-state index contributed by atoms with van der Waals surface area (Å²) in [5.74, 6) is 0.332. The lowest BCUT2D eigenvalue weighted by Crippen LogP contribution is -2.28. The lowest BCUT2D eigenvalue weighted by molar-refractivity contribution is 0.474. The van der Waals surface area contributed by atoms with Crippen molar-refractivity contribution in [2.75, 3.05) is 6.54 Å². The SMILES string of the molecule is Cc1csc(CCNC(C)CCc2ccc(O)cc2)n1. The molecular weight excluding hydrogens is 268 g/mol. The molecule has 0 aliphatic carbocycles. The summed E-state index contributed by atoms with van der Waals surface area (Å²) in [6.45, 7) is 5.23. The summed E-state index contributed by atoms with van der Waals surface area (Å²) in [6, 6.07) is 7.96. The van der Waals surface area contributed by atoms with Crippen LogP contribution in [0.4, 0.5) is 0 Å². The molecule has 20 heavy (non-hydrogen) atoms. The van der Waals surface area contributed by atoms with Crippen LogP contribution in [0.15, 0.2) is 29.6 Å². The number of phenols is 1. The minimum atomic E-state index is 0.332. The van der Waals surface area contributed by atoms with E-state index < -0.39 is 0 Å². The van der Waals surface area contributed by atoms with Crippen LogP contribution < -0.4 is 5.32 Å². The number of aromatic hydroxyl groups is 1. The van der Waals surface area contributed by atoms with E-state index >= 15 is 0 Å². The highest BCUT2D eigenvalue weighted by Crippen LogP contribution is 2.12. The molecule has 0 aliphatic heterocycles. The normalized spacial score (nSPS) is 12.5. The van der Waals surface area contributed by atoms with Crippen molar-refractivity contribution < 1.29 is 5.11 Å². The van der Waals surface area contributed by atoms with Crippen LogP contribution in [-0.2, 0) is 12.8 Å². The van der Waals surface area contributed by atoms with Crippen molar-refractivity contribution in [1.82, 2.24) is 10.3 Å². The molecule has 0 amide bonds. The van der Waals surface area contributed by atoms with E-state index in [2.05, 4.69) is 22.6 Å². The van der Waals surface area contributed by atoms with Gasteiger partial charge in [0.25, 0.3) is 0 Å². The molecule has 2 rings (SSSR count). The van der Waals surface area contributed by atoms with Gasteiger partial charge in [-0.3, -0.25) is 0 Å². The summed E-state index contributed by atoms with van der Waals surface area (Å²) >= 11 is 1.74. The van der Waals surface area contributed by atoms with E-state index in [0.29, 0.717) is 11.8 Å². The Labute approximate surface area is 124 Å². The lowest BCUT2D eigenvalue weighted by atomic mass is 10.1. The van der Waals surface area contributed by atoms with E-state index in [-0.39, 0.29) is 0 Å². The van der Waals surface area contributed by atoms with Crippen molar-refractivity contribution >= 4 is 11.3 Å². The summed E-state index contributed by atoms with van der Waals surface area (Å²) in [6.07, 6.45) is 3.13. The van der Waals surface area contributed by atoms with Crippen LogP contribution in [-0.4, -0.2) is 22.7 Å². The van der Waals surface area contributed by atoms with Crippen molar-refractivity contribution in [1.29, 1.82) is 0 Å². The number of nitrogens with zero attached hydrogens (tertiary/aromatic N) is 1. The van der Waals surface area contributed by atoms with Crippen LogP contribution in [0.2, 0.25) is 0 Å². The molecule has 1 atom stereocenters. The van der Waals surface area contributed by atoms with Crippen LogP contribution in [0.1, 0.15) is 29.6 Å². The van der Waals surface area contributed by atoms with Crippen molar-refractivity contribution in [3.8, 4) is 5.75 Å². The maximum Gasteiger partial charge on any atom is 0.115 e. The molecule has 0 radical (unpaired) electrons. The van der Waals surface area contributed by atoms with Gasteiger partial charge in [-0.15, -0.1) is 11.3 Å². The number of phenolic OH excluding ortho intramolecular Hbond substituents is 1. The predicted molar refractivity (Wildman–Crippen MR) is 84.4 cm³/mol. The molecule has 0 aliphatic rings. The summed E-state index contributed by atoms with van der Waals surface area (Å²) in [5, 5.41) is 16.1. The Bertz CT molecular complexity index is 522. The summed E-state index contributed by atoms with van der Waals surface area (Å²) < 4.78 is 0. The zero-order valence-electron chi connectivity index (χ0n) is 12.1. The molecule has 0 bridgehead atoms. The molecule has 0 saturated heterocycles. The highest BCUT2D eigenvalue weighted by molar-refractivity contribution is 7.09. The standard InChI is InChI=1S/C16H22N2OS/c1-12(3-4-14-5-7-15(19)8-6-14)17-10-9-16-18-13(2)11-20-16/h5-8,11-12,17,19H,3-4,9-10H2,1-2H3. The third-order valence-corrected chi connectivity index (χ3v) is 4.33. The fourth-order valence-corrected chi connectivity index (χ4v) is 2.87. The summed E-state index contributed by atoms with van der Waals surface area (Å²) in [4.78, 5) is 4.46. The molecule has 2 N–H and O–H groups in total. The number of hydrogen-bond donors (Lipinski definition) is 2. The number of rotatable bonds is 7. The van der Waals surface area contributed by atoms with Gasteiger partial charge in [-0.1, -0.05) is 12.1 Å². The quantitative estimate of drug-likeness (QED) is 0.822. The molecule has 0 saturated carbocycles. The molecule has 2 aromatic rings. The van der Waals surface area contributed by atoms with Crippen LogP contribution in [0.5, 0.6) is 5.75 Å². The molecule has 0 spiro atoms. The first kappa shape index (κ1) is 15.0. The topological polar surface area (TPSA) is 45.1 Å². The molecule has 1 unspecified atom stereocenters. The lowest BCUT2D eigenvalue weighted by Gasteiger charge is -2.13. The Balaban J connectivity index is 1.65. The van der Waals surface area contributed by atoms with E-state index in [1.165, 1.54) is 10.6 Å². The number of hydrogen-bond acceptors (Lipinski definition) is 4. The zero-order valence-corrected chi connectivity index (χ0v) is 12.9. The molecule has 3 nitrogen and oxygen atoms in total. The monoisotopic (exact) mass is 290 g/mol. The largest absolute Gasteiger partial charge is 0.508 e. The fourth-order valence-electron chi connectivity index (χ4n) is 2.09. The van der Waals surface area contributed by atoms with E-state index in [0.717, 1.165) is 31.5 Å². The van der Waals surface area contributed by atoms with Crippen molar-refractivity contribution in [3.05, 3.63) is 45.9 Å². The van der Waals surface area contributed by atoms with Gasteiger partial charge in [-0.2, -0.15) is 0 Å². The molecule has 1 aromatic heterocycles. The van der Waals surface area contributed by atoms with Gasteiger partial charge in [0, 0.05) is 30.1 Å². The van der Waals surface area contributed by atoms with Crippen molar-refractivity contribution in [2.24, 2.45) is 0 Å². The smallest absolute Gasteiger partial charge is 0.115 e. The highest BCUT2D eigenvalue weighted by Gasteiger charge is 2.04. The molecule has 0 fully saturated rings. The van der Waals surface area contributed by atoms with E-state index in [1.807, 2.05) is 19.1 Å². The maximum atomic E-state index is 9.24. The minimum Gasteiger partial charge on any atom is -0.508 e. The highest BCUT2D eigenvalue weighted by atomic mass is 32.1. The van der Waals surface area contributed by atoms with Gasteiger partial charge in [0.1, 0.15) is 5.75 Å². The first-order valence-corrected chi connectivity index (χ1v) is 7.94. The van der Waals surface area contributed by atoms with Gasteiger partial charge in [-0.25, -0.2) is 4.98 Å². The number of nitrogens with one attached hydrogen (secondary N) is 1. The van der Waals surface area contributed by atoms with E-state index in [4.69, 9.17) is 0 Å². The van der Waals surface area contributed by atoms with E-state index in [1.54, 1.807) is 23.5 Å². The number of benzene rings is 1. The Morgan fingerprint density at radius 2 is 2.00 bits per heavy atom. The molecule has 1 heterocycles. The van der Waals surface area contributed by atoms with Crippen LogP contribution in [0.3, 0.4) is 0 Å². The summed E-state index contributed by atoms with van der Waals surface area (Å²) in [5.41, 5.74) is 2.39. The van der Waals surface area contributed by atoms with Crippen molar-refractivity contribution in [3.63, 3.8) is 0 Å². The maximum absolute atomic E-state index is 9.24. The first-order valence-electron chi connectivity index (χ1n) is 7.06. The van der Waals surface area contributed by atoms with Gasteiger partial charge >= 0.3 is 0 Å². The van der Waals surface area contributed by atoms with Crippen LogP contribution >= 0.6 is 11.3 Å². The third-order valence-electron chi connectivity index (χ3n) is 3.30. The molecule has 4 heteroatoms. The van der Waals surface area contributed by atoms with Crippen molar-refractivity contribution in [2.45, 2.75) is 39.2 Å². The van der Waals surface area contributed by atoms with Gasteiger partial charge in [0.2, 0.25) is 0 Å². The van der Waals surface area contributed by atoms with Gasteiger partial charge in [-0.05, 0) is 44.4 Å². The number of thiazole rings is 1. The minimum absolute atomic E-state index is 0.332. The average molecular weight is 290 g/mol. The summed E-state index contributed by atoms with van der Waals surface area (Å²) in [7, 11) is 0. The Morgan fingerprint density at radius 3 is 2.65 bits per heavy atom. The second-order valence-corrected chi connectivity index (χ2v) is 6.14. The Hall–Kier alpha value is -1.39. The third kappa shape index (κ3) is 4.94. The zero-order chi connectivity index (χ0) is 14.4. The van der Waals surface area contributed by atoms with Crippen LogP contribution in [0, 0.1) is 6.92 Å². The van der Waals surface area contributed by atoms with Gasteiger partial charge < -0.3 is 10.4 Å². The van der Waals surface area contributed by atoms with Gasteiger partial charge in [0.05, 0.1) is 5.01 Å². The Kier molecular flexibility index (Phi) is 5.56. The Morgan fingerprint density at radius 1 is 1.25 bits per heavy atom.